The Kier molecular flexibility index (Phi) is 6.14. The maximum Gasteiger partial charge on any atom is 0.328 e. The van der Waals surface area contributed by atoms with Crippen LogP contribution in [0.15, 0.2) is 24.3 Å². The Hall–Kier alpha value is -2.41. The maximum atomic E-state index is 12.6. The zero-order chi connectivity index (χ0) is 18.6. The lowest BCUT2D eigenvalue weighted by Gasteiger charge is -2.25. The Morgan fingerprint density at radius 3 is 2.64 bits per heavy atom. The van der Waals surface area contributed by atoms with E-state index in [1.165, 1.54) is 18.9 Å². The van der Waals surface area contributed by atoms with Gasteiger partial charge < -0.3 is 20.1 Å². The first kappa shape index (κ1) is 18.9. The molecule has 1 aromatic rings. The Labute approximate surface area is 147 Å². The van der Waals surface area contributed by atoms with Gasteiger partial charge in [0.2, 0.25) is 11.8 Å². The second kappa shape index (κ2) is 8.11. The number of carbonyl (C=O) groups is 3. The van der Waals surface area contributed by atoms with Gasteiger partial charge in [0, 0.05) is 26.3 Å². The van der Waals surface area contributed by atoms with Crippen LogP contribution in [0.2, 0.25) is 0 Å². The number of methoxy groups -OCH3 is 1. The molecule has 2 amide bonds. The molecule has 0 aromatic heterocycles. The summed E-state index contributed by atoms with van der Waals surface area (Å²) in [6.07, 6.45) is -0.294. The molecule has 0 unspecified atom stereocenters. The van der Waals surface area contributed by atoms with Crippen LogP contribution in [0, 0.1) is 6.92 Å². The molecule has 2 N–H and O–H groups in total. The summed E-state index contributed by atoms with van der Waals surface area (Å²) in [5, 5.41) is 12.4. The van der Waals surface area contributed by atoms with Crippen molar-refractivity contribution in [2.75, 3.05) is 13.7 Å². The molecule has 136 valence electrons. The highest BCUT2D eigenvalue weighted by molar-refractivity contribution is 5.91. The minimum atomic E-state index is -0.856. The highest BCUT2D eigenvalue weighted by Crippen LogP contribution is 2.19. The molecule has 1 aliphatic heterocycles. The molecule has 0 spiro atoms. The van der Waals surface area contributed by atoms with Crippen molar-refractivity contribution in [3.8, 4) is 0 Å². The number of amides is 2. The van der Waals surface area contributed by atoms with Gasteiger partial charge in [0.25, 0.3) is 0 Å². The van der Waals surface area contributed by atoms with Crippen LogP contribution >= 0.6 is 0 Å². The lowest BCUT2D eigenvalue weighted by molar-refractivity contribution is -0.146. The predicted molar refractivity (Wildman–Crippen MR) is 90.6 cm³/mol. The van der Waals surface area contributed by atoms with Crippen LogP contribution in [0.1, 0.15) is 24.5 Å². The molecule has 0 saturated carbocycles. The molecule has 1 aliphatic rings. The summed E-state index contributed by atoms with van der Waals surface area (Å²) in [6.45, 7) is 3.40. The van der Waals surface area contributed by atoms with E-state index in [4.69, 9.17) is 4.74 Å². The lowest BCUT2D eigenvalue weighted by atomic mass is 10.0. The number of aryl methyl sites for hydroxylation is 1. The number of nitrogens with zero attached hydrogens (tertiary/aromatic N) is 1. The average molecular weight is 348 g/mol. The van der Waals surface area contributed by atoms with Crippen LogP contribution in [-0.4, -0.2) is 59.6 Å². The van der Waals surface area contributed by atoms with Crippen molar-refractivity contribution >= 4 is 17.8 Å². The first-order valence-electron chi connectivity index (χ1n) is 8.21. The van der Waals surface area contributed by atoms with Gasteiger partial charge in [-0.05, 0) is 18.1 Å². The molecule has 0 radical (unpaired) electrons. The van der Waals surface area contributed by atoms with Crippen LogP contribution in [0.4, 0.5) is 0 Å². The molecule has 7 nitrogen and oxygen atoms in total. The molecule has 25 heavy (non-hydrogen) atoms. The second-order valence-corrected chi connectivity index (χ2v) is 6.29. The van der Waals surface area contributed by atoms with Gasteiger partial charge >= 0.3 is 5.97 Å². The van der Waals surface area contributed by atoms with Crippen molar-refractivity contribution in [1.82, 2.24) is 10.2 Å². The van der Waals surface area contributed by atoms with E-state index in [0.717, 1.165) is 11.1 Å². The molecular weight excluding hydrogens is 324 g/mol. The highest BCUT2D eigenvalue weighted by atomic mass is 16.5. The van der Waals surface area contributed by atoms with E-state index in [0.29, 0.717) is 6.42 Å². The van der Waals surface area contributed by atoms with Gasteiger partial charge in [-0.1, -0.05) is 24.3 Å². The number of aliphatic hydroxyl groups is 1. The smallest absolute Gasteiger partial charge is 0.328 e. The number of benzene rings is 1. The van der Waals surface area contributed by atoms with Gasteiger partial charge in [-0.15, -0.1) is 0 Å². The number of carbonyl (C=O) groups excluding carboxylic acids is 3. The number of hydrogen-bond donors (Lipinski definition) is 2. The number of β-amino-alcohol motifs (C(OH)–C–C–N with tert-alkyl or cyclic N) is 1. The summed E-state index contributed by atoms with van der Waals surface area (Å²) in [7, 11) is 1.26. The number of esters is 1. The average Bonchev–Trinajstić information content (AvgIpc) is 2.97. The quantitative estimate of drug-likeness (QED) is 0.740. The van der Waals surface area contributed by atoms with E-state index in [-0.39, 0.29) is 18.9 Å². The van der Waals surface area contributed by atoms with Gasteiger partial charge in [-0.3, -0.25) is 9.59 Å². The molecule has 0 bridgehead atoms. The van der Waals surface area contributed by atoms with Crippen molar-refractivity contribution in [2.45, 2.75) is 44.9 Å². The molecule has 1 fully saturated rings. The minimum Gasteiger partial charge on any atom is -0.467 e. The van der Waals surface area contributed by atoms with Crippen LogP contribution < -0.4 is 5.32 Å². The van der Waals surface area contributed by atoms with Gasteiger partial charge in [0.15, 0.2) is 0 Å². The van der Waals surface area contributed by atoms with E-state index in [1.807, 2.05) is 31.2 Å². The van der Waals surface area contributed by atoms with Gasteiger partial charge in [0.1, 0.15) is 12.1 Å². The molecule has 1 heterocycles. The van der Waals surface area contributed by atoms with Gasteiger partial charge in [-0.2, -0.15) is 0 Å². The zero-order valence-corrected chi connectivity index (χ0v) is 14.7. The Morgan fingerprint density at radius 2 is 2.04 bits per heavy atom. The van der Waals surface area contributed by atoms with Gasteiger partial charge in [-0.25, -0.2) is 4.79 Å². The SMILES string of the molecule is COC(=O)[C@@H](Cc1ccccc1C)NC(=O)[C@@H]1C[C@@H](O)CN1C(C)=O. The Morgan fingerprint density at radius 1 is 1.36 bits per heavy atom. The van der Waals surface area contributed by atoms with E-state index in [9.17, 15) is 19.5 Å². The summed E-state index contributed by atoms with van der Waals surface area (Å²) < 4.78 is 4.80. The standard InChI is InChI=1S/C18H24N2O5/c1-11-6-4-5-7-13(11)8-15(18(24)25-3)19-17(23)16-9-14(22)10-20(16)12(2)21/h4-7,14-16,22H,8-10H2,1-3H3,(H,19,23)/t14-,15-,16+/m1/s1. The minimum absolute atomic E-state index is 0.119. The number of aliphatic hydroxyl groups excluding tert-OH is 1. The topological polar surface area (TPSA) is 95.9 Å². The summed E-state index contributed by atoms with van der Waals surface area (Å²) >= 11 is 0. The van der Waals surface area contributed by atoms with Crippen LogP contribution in [-0.2, 0) is 25.5 Å². The van der Waals surface area contributed by atoms with Crippen molar-refractivity contribution in [3.63, 3.8) is 0 Å². The van der Waals surface area contributed by atoms with E-state index >= 15 is 0 Å². The summed E-state index contributed by atoms with van der Waals surface area (Å²) in [4.78, 5) is 37.7. The fraction of sp³-hybridized carbons (Fsp3) is 0.500. The predicted octanol–water partition coefficient (Wildman–Crippen LogP) is 0.177. The first-order chi connectivity index (χ1) is 11.8. The maximum absolute atomic E-state index is 12.6. The van der Waals surface area contributed by atoms with E-state index in [1.54, 1.807) is 0 Å². The van der Waals surface area contributed by atoms with E-state index in [2.05, 4.69) is 5.32 Å². The van der Waals surface area contributed by atoms with Crippen LogP contribution in [0.25, 0.3) is 0 Å². The van der Waals surface area contributed by atoms with Crippen molar-refractivity contribution in [1.29, 1.82) is 0 Å². The zero-order valence-electron chi connectivity index (χ0n) is 14.7. The van der Waals surface area contributed by atoms with E-state index < -0.39 is 30.1 Å². The normalized spacial score (nSPS) is 20.9. The molecule has 2 rings (SSSR count). The van der Waals surface area contributed by atoms with Crippen LogP contribution in [0.3, 0.4) is 0 Å². The molecule has 3 atom stereocenters. The summed E-state index contributed by atoms with van der Waals surface area (Å²) in [5.74, 6) is -1.30. The molecular formula is C18H24N2O5. The van der Waals surface area contributed by atoms with Crippen molar-refractivity contribution in [2.24, 2.45) is 0 Å². The molecule has 0 aliphatic carbocycles. The third kappa shape index (κ3) is 4.57. The Balaban J connectivity index is 2.14. The largest absolute Gasteiger partial charge is 0.467 e. The first-order valence-corrected chi connectivity index (χ1v) is 8.21. The highest BCUT2D eigenvalue weighted by Gasteiger charge is 2.38. The second-order valence-electron chi connectivity index (χ2n) is 6.29. The van der Waals surface area contributed by atoms with Gasteiger partial charge in [0.05, 0.1) is 13.2 Å². The molecule has 1 saturated heterocycles. The summed E-state index contributed by atoms with van der Waals surface area (Å²) in [6, 6.07) is 5.94. The summed E-state index contributed by atoms with van der Waals surface area (Å²) in [5.41, 5.74) is 1.93. The Bertz CT molecular complexity index is 661. The molecule has 1 aromatic carbocycles. The van der Waals surface area contributed by atoms with Crippen molar-refractivity contribution < 1.29 is 24.2 Å². The molecule has 7 heteroatoms. The number of rotatable bonds is 5. The van der Waals surface area contributed by atoms with Crippen molar-refractivity contribution in [3.05, 3.63) is 35.4 Å². The number of likely N-dealkylation sites (tertiary alicyclic amines) is 1. The number of hydrogen-bond acceptors (Lipinski definition) is 5. The fourth-order valence-electron chi connectivity index (χ4n) is 3.07. The number of ether oxygens (including phenoxy) is 1. The monoisotopic (exact) mass is 348 g/mol. The van der Waals surface area contributed by atoms with Crippen LogP contribution in [0.5, 0.6) is 0 Å². The number of nitrogens with one attached hydrogen (secondary N) is 1. The third-order valence-corrected chi connectivity index (χ3v) is 4.47. The third-order valence-electron chi connectivity index (χ3n) is 4.47. The fourth-order valence-corrected chi connectivity index (χ4v) is 3.07. The lowest BCUT2D eigenvalue weighted by Crippen LogP contribution is -2.51.